The first-order valence-corrected chi connectivity index (χ1v) is 11.3. The molecule has 29 heavy (non-hydrogen) atoms. The smallest absolute Gasteiger partial charge is 0.325 e. The SMILES string of the molecule is O=C(O)C1(NS(=O)(=O)c2ccc(-c3ccc(Cl)cc3)s2)C[C@H]1c1ccccc1O. The Bertz CT molecular complexity index is 1190. The molecule has 1 saturated carbocycles. The summed E-state index contributed by atoms with van der Waals surface area (Å²) in [5.74, 6) is -1.98. The van der Waals surface area contributed by atoms with Crippen LogP contribution in [0.25, 0.3) is 10.4 Å². The number of phenolic OH excluding ortho intramolecular Hbond substituents is 1. The first-order valence-electron chi connectivity index (χ1n) is 8.64. The van der Waals surface area contributed by atoms with Gasteiger partial charge in [0.25, 0.3) is 10.0 Å². The summed E-state index contributed by atoms with van der Waals surface area (Å²) in [5.41, 5.74) is -0.458. The van der Waals surface area contributed by atoms with E-state index >= 15 is 0 Å². The highest BCUT2D eigenvalue weighted by molar-refractivity contribution is 7.91. The van der Waals surface area contributed by atoms with Crippen molar-refractivity contribution in [1.82, 2.24) is 4.72 Å². The van der Waals surface area contributed by atoms with Crippen LogP contribution >= 0.6 is 22.9 Å². The van der Waals surface area contributed by atoms with Gasteiger partial charge in [0.2, 0.25) is 0 Å². The molecule has 1 heterocycles. The second-order valence-electron chi connectivity index (χ2n) is 6.82. The molecule has 1 fully saturated rings. The van der Waals surface area contributed by atoms with Gasteiger partial charge in [-0.3, -0.25) is 4.79 Å². The van der Waals surface area contributed by atoms with Crippen LogP contribution < -0.4 is 4.72 Å². The predicted molar refractivity (Wildman–Crippen MR) is 111 cm³/mol. The normalized spacial score (nSPS) is 21.1. The summed E-state index contributed by atoms with van der Waals surface area (Å²) in [7, 11) is -4.07. The standard InChI is InChI=1S/C20H16ClNO5S2/c21-13-7-5-12(6-8-13)17-9-10-18(28-17)29(26,27)22-20(19(24)25)11-15(20)14-3-1-2-4-16(14)23/h1-10,15,22-23H,11H2,(H,24,25)/t15-,20?/m0/s1. The molecular weight excluding hydrogens is 434 g/mol. The van der Waals surface area contributed by atoms with Gasteiger partial charge in [-0.05, 0) is 47.9 Å². The lowest BCUT2D eigenvalue weighted by atomic mass is 10.1. The van der Waals surface area contributed by atoms with Gasteiger partial charge in [-0.1, -0.05) is 41.9 Å². The molecule has 1 aliphatic rings. The monoisotopic (exact) mass is 449 g/mol. The van der Waals surface area contributed by atoms with E-state index in [1.54, 1.807) is 48.5 Å². The number of carboxylic acid groups (broad SMARTS) is 1. The van der Waals surface area contributed by atoms with E-state index in [0.717, 1.165) is 21.8 Å². The van der Waals surface area contributed by atoms with Crippen LogP contribution in [-0.2, 0) is 14.8 Å². The van der Waals surface area contributed by atoms with Crippen LogP contribution in [0.15, 0.2) is 64.9 Å². The number of nitrogens with one attached hydrogen (secondary N) is 1. The van der Waals surface area contributed by atoms with Crippen LogP contribution in [0.4, 0.5) is 0 Å². The van der Waals surface area contributed by atoms with Crippen molar-refractivity contribution < 1.29 is 23.4 Å². The lowest BCUT2D eigenvalue weighted by Gasteiger charge is -2.15. The number of carboxylic acids is 1. The topological polar surface area (TPSA) is 104 Å². The van der Waals surface area contributed by atoms with Gasteiger partial charge >= 0.3 is 5.97 Å². The van der Waals surface area contributed by atoms with Crippen LogP contribution in [0, 0.1) is 0 Å². The van der Waals surface area contributed by atoms with Crippen molar-refractivity contribution >= 4 is 38.9 Å². The summed E-state index contributed by atoms with van der Waals surface area (Å²) in [6.45, 7) is 0. The largest absolute Gasteiger partial charge is 0.508 e. The molecule has 0 bridgehead atoms. The van der Waals surface area contributed by atoms with Gasteiger partial charge in [0.05, 0.1) is 0 Å². The van der Waals surface area contributed by atoms with E-state index in [2.05, 4.69) is 4.72 Å². The van der Waals surface area contributed by atoms with Crippen LogP contribution in [-0.4, -0.2) is 30.1 Å². The molecule has 1 unspecified atom stereocenters. The third-order valence-electron chi connectivity index (χ3n) is 4.95. The van der Waals surface area contributed by atoms with Gasteiger partial charge in [0.15, 0.2) is 0 Å². The first kappa shape index (κ1) is 19.9. The minimum atomic E-state index is -4.07. The van der Waals surface area contributed by atoms with Crippen LogP contribution in [0.3, 0.4) is 0 Å². The Morgan fingerprint density at radius 2 is 1.79 bits per heavy atom. The third kappa shape index (κ3) is 3.64. The number of hydrogen-bond donors (Lipinski definition) is 3. The van der Waals surface area contributed by atoms with E-state index in [1.807, 2.05) is 0 Å². The second-order valence-corrected chi connectivity index (χ2v) is 10.3. The van der Waals surface area contributed by atoms with Crippen molar-refractivity contribution in [2.45, 2.75) is 22.1 Å². The summed E-state index contributed by atoms with van der Waals surface area (Å²) in [6, 6.07) is 16.5. The molecule has 0 aliphatic heterocycles. The molecule has 0 spiro atoms. The molecule has 1 aliphatic carbocycles. The maximum Gasteiger partial charge on any atom is 0.325 e. The summed E-state index contributed by atoms with van der Waals surface area (Å²) in [6.07, 6.45) is 0.0640. The molecular formula is C20H16ClNO5S2. The predicted octanol–water partition coefficient (Wildman–Crippen LogP) is 4.06. The molecule has 0 radical (unpaired) electrons. The van der Waals surface area contributed by atoms with Crippen LogP contribution in [0.5, 0.6) is 5.75 Å². The quantitative estimate of drug-likeness (QED) is 0.526. The van der Waals surface area contributed by atoms with Crippen molar-refractivity contribution in [2.24, 2.45) is 0 Å². The number of phenols is 1. The number of aromatic hydroxyl groups is 1. The van der Waals surface area contributed by atoms with Crippen molar-refractivity contribution in [3.63, 3.8) is 0 Å². The molecule has 2 atom stereocenters. The molecule has 9 heteroatoms. The highest BCUT2D eigenvalue weighted by Crippen LogP contribution is 2.54. The maximum absolute atomic E-state index is 12.9. The van der Waals surface area contributed by atoms with Crippen LogP contribution in [0.1, 0.15) is 17.9 Å². The lowest BCUT2D eigenvalue weighted by Crippen LogP contribution is -2.44. The summed E-state index contributed by atoms with van der Waals surface area (Å²) in [4.78, 5) is 12.7. The van der Waals surface area contributed by atoms with Crippen molar-refractivity contribution in [3.8, 4) is 16.2 Å². The number of halogens is 1. The van der Waals surface area contributed by atoms with E-state index in [-0.39, 0.29) is 16.4 Å². The third-order valence-corrected chi connectivity index (χ3v) is 8.33. The van der Waals surface area contributed by atoms with E-state index in [4.69, 9.17) is 11.6 Å². The fourth-order valence-electron chi connectivity index (χ4n) is 3.34. The molecule has 150 valence electrons. The molecule has 1 aromatic heterocycles. The number of benzene rings is 2. The van der Waals surface area contributed by atoms with Gasteiger partial charge < -0.3 is 10.2 Å². The summed E-state index contributed by atoms with van der Waals surface area (Å²) >= 11 is 6.93. The average molecular weight is 450 g/mol. The molecule has 0 saturated heterocycles. The Labute approximate surface area is 176 Å². The molecule has 2 aromatic carbocycles. The summed E-state index contributed by atoms with van der Waals surface area (Å²) < 4.78 is 28.2. The molecule has 3 N–H and O–H groups in total. The number of rotatable bonds is 6. The van der Waals surface area contributed by atoms with Gasteiger partial charge in [0, 0.05) is 15.8 Å². The first-order chi connectivity index (χ1) is 13.7. The number of thiophene rings is 1. The number of carbonyl (C=O) groups is 1. The highest BCUT2D eigenvalue weighted by Gasteiger charge is 2.64. The van der Waals surface area contributed by atoms with Gasteiger partial charge in [-0.15, -0.1) is 11.3 Å². The molecule has 3 aromatic rings. The van der Waals surface area contributed by atoms with Crippen LogP contribution in [0.2, 0.25) is 5.02 Å². The number of para-hydroxylation sites is 1. The Kier molecular flexibility index (Phi) is 4.90. The number of sulfonamides is 1. The highest BCUT2D eigenvalue weighted by atomic mass is 35.5. The zero-order valence-electron chi connectivity index (χ0n) is 14.9. The lowest BCUT2D eigenvalue weighted by molar-refractivity contribution is -0.140. The summed E-state index contributed by atoms with van der Waals surface area (Å²) in [5, 5.41) is 20.3. The Morgan fingerprint density at radius 3 is 2.45 bits per heavy atom. The fourth-order valence-corrected chi connectivity index (χ4v) is 6.18. The Hall–Kier alpha value is -2.39. The molecule has 6 nitrogen and oxygen atoms in total. The van der Waals surface area contributed by atoms with E-state index < -0.39 is 27.4 Å². The van der Waals surface area contributed by atoms with Gasteiger partial charge in [0.1, 0.15) is 15.5 Å². The Balaban J connectivity index is 1.62. The minimum absolute atomic E-state index is 0.0195. The van der Waals surface area contributed by atoms with E-state index in [9.17, 15) is 23.4 Å². The number of hydrogen-bond acceptors (Lipinski definition) is 5. The van der Waals surface area contributed by atoms with Gasteiger partial charge in [-0.2, -0.15) is 4.72 Å². The van der Waals surface area contributed by atoms with Crippen molar-refractivity contribution in [1.29, 1.82) is 0 Å². The zero-order chi connectivity index (χ0) is 20.8. The van der Waals surface area contributed by atoms with Gasteiger partial charge in [-0.25, -0.2) is 8.42 Å². The van der Waals surface area contributed by atoms with Crippen molar-refractivity contribution in [2.75, 3.05) is 0 Å². The maximum atomic E-state index is 12.9. The van der Waals surface area contributed by atoms with E-state index in [1.165, 1.54) is 12.1 Å². The van der Waals surface area contributed by atoms with Crippen molar-refractivity contribution in [3.05, 3.63) is 71.2 Å². The molecule has 4 rings (SSSR count). The number of aliphatic carboxylic acids is 1. The molecule has 0 amide bonds. The minimum Gasteiger partial charge on any atom is -0.508 e. The second kappa shape index (κ2) is 7.14. The fraction of sp³-hybridized carbons (Fsp3) is 0.150. The van der Waals surface area contributed by atoms with E-state index in [0.29, 0.717) is 10.6 Å². The zero-order valence-corrected chi connectivity index (χ0v) is 17.3. The Morgan fingerprint density at radius 1 is 1.10 bits per heavy atom. The average Bonchev–Trinajstić information content (AvgIpc) is 3.16.